The molecule has 2 aliphatic heterocycles. The van der Waals surface area contributed by atoms with E-state index >= 15 is 0 Å². The zero-order chi connectivity index (χ0) is 9.85. The minimum Gasteiger partial charge on any atom is -0.391 e. The number of hydrogen-bond donors (Lipinski definition) is 1. The van der Waals surface area contributed by atoms with Gasteiger partial charge in [-0.05, 0) is 19.8 Å². The second-order valence-electron chi connectivity index (χ2n) is 5.13. The highest BCUT2D eigenvalue weighted by Crippen LogP contribution is 2.52. The topological polar surface area (TPSA) is 29.5 Å². The van der Waals surface area contributed by atoms with Crippen LogP contribution in [0.4, 0.5) is 0 Å². The highest BCUT2D eigenvalue weighted by Gasteiger charge is 2.58. The van der Waals surface area contributed by atoms with Gasteiger partial charge in [0.25, 0.3) is 0 Å². The molecule has 0 saturated carbocycles. The first-order valence-electron chi connectivity index (χ1n) is 4.88. The lowest BCUT2D eigenvalue weighted by Gasteiger charge is -2.48. The Labute approximate surface area is 87.8 Å². The number of hydrogen-bond acceptors (Lipinski definition) is 2. The number of halogens is 1. The standard InChI is InChI=1S/C10H17BrO2/c1-9(2)6-4-5-10(3,13-6)7(11)8(9)12/h6-8,12H,4-5H2,1-3H3/t6-,7+,8-,10+/m1/s1. The van der Waals surface area contributed by atoms with E-state index < -0.39 is 0 Å². The van der Waals surface area contributed by atoms with E-state index in [9.17, 15) is 5.11 Å². The molecular weight excluding hydrogens is 232 g/mol. The maximum Gasteiger partial charge on any atom is 0.0809 e. The van der Waals surface area contributed by atoms with Gasteiger partial charge in [0.15, 0.2) is 0 Å². The van der Waals surface area contributed by atoms with Gasteiger partial charge in [0.05, 0.1) is 22.6 Å². The van der Waals surface area contributed by atoms with E-state index in [-0.39, 0.29) is 28.1 Å². The third-order valence-electron chi connectivity index (χ3n) is 3.77. The van der Waals surface area contributed by atoms with Crippen molar-refractivity contribution in [3.05, 3.63) is 0 Å². The maximum absolute atomic E-state index is 10.1. The fourth-order valence-corrected chi connectivity index (χ4v) is 3.51. The second kappa shape index (κ2) is 2.71. The molecule has 2 rings (SSSR count). The molecule has 0 aromatic carbocycles. The molecule has 0 spiro atoms. The molecule has 0 aromatic rings. The Morgan fingerprint density at radius 1 is 1.38 bits per heavy atom. The van der Waals surface area contributed by atoms with E-state index in [0.717, 1.165) is 12.8 Å². The van der Waals surface area contributed by atoms with Gasteiger partial charge in [0.2, 0.25) is 0 Å². The number of rotatable bonds is 0. The van der Waals surface area contributed by atoms with E-state index in [1.54, 1.807) is 0 Å². The number of aliphatic hydroxyl groups excluding tert-OH is 1. The predicted octanol–water partition coefficient (Wildman–Crippen LogP) is 2.09. The largest absolute Gasteiger partial charge is 0.391 e. The van der Waals surface area contributed by atoms with Crippen LogP contribution < -0.4 is 0 Å². The molecule has 2 saturated heterocycles. The molecule has 0 radical (unpaired) electrons. The van der Waals surface area contributed by atoms with Crippen molar-refractivity contribution in [2.75, 3.05) is 0 Å². The molecule has 0 unspecified atom stereocenters. The third-order valence-corrected chi connectivity index (χ3v) is 5.24. The zero-order valence-corrected chi connectivity index (χ0v) is 9.97. The lowest BCUT2D eigenvalue weighted by molar-refractivity contribution is -0.170. The average molecular weight is 249 g/mol. The summed E-state index contributed by atoms with van der Waals surface area (Å²) in [5, 5.41) is 10.1. The average Bonchev–Trinajstić information content (AvgIpc) is 2.43. The normalized spacial score (nSPS) is 53.8. The Kier molecular flexibility index (Phi) is 2.07. The van der Waals surface area contributed by atoms with E-state index in [4.69, 9.17) is 4.74 Å². The summed E-state index contributed by atoms with van der Waals surface area (Å²) in [6.07, 6.45) is 2.04. The lowest BCUT2D eigenvalue weighted by Crippen LogP contribution is -2.57. The third kappa shape index (κ3) is 1.20. The van der Waals surface area contributed by atoms with Crippen LogP contribution in [0.25, 0.3) is 0 Å². The molecule has 13 heavy (non-hydrogen) atoms. The molecule has 2 bridgehead atoms. The van der Waals surface area contributed by atoms with Crippen LogP contribution in [-0.2, 0) is 4.74 Å². The number of aliphatic hydroxyl groups is 1. The van der Waals surface area contributed by atoms with Crippen LogP contribution in [0.2, 0.25) is 0 Å². The monoisotopic (exact) mass is 248 g/mol. The Morgan fingerprint density at radius 2 is 2.00 bits per heavy atom. The van der Waals surface area contributed by atoms with Gasteiger partial charge in [-0.3, -0.25) is 0 Å². The molecule has 4 atom stereocenters. The highest BCUT2D eigenvalue weighted by molar-refractivity contribution is 9.09. The summed E-state index contributed by atoms with van der Waals surface area (Å²) >= 11 is 3.56. The van der Waals surface area contributed by atoms with Gasteiger partial charge in [0, 0.05) is 5.41 Å². The van der Waals surface area contributed by atoms with Crippen molar-refractivity contribution in [3.63, 3.8) is 0 Å². The van der Waals surface area contributed by atoms with Gasteiger partial charge < -0.3 is 9.84 Å². The molecule has 76 valence electrons. The molecule has 2 aliphatic rings. The van der Waals surface area contributed by atoms with Crippen LogP contribution in [0, 0.1) is 5.41 Å². The minimum atomic E-state index is -0.307. The van der Waals surface area contributed by atoms with Crippen molar-refractivity contribution >= 4 is 15.9 Å². The van der Waals surface area contributed by atoms with Crippen molar-refractivity contribution in [1.29, 1.82) is 0 Å². The summed E-state index contributed by atoms with van der Waals surface area (Å²) < 4.78 is 5.98. The van der Waals surface area contributed by atoms with Crippen LogP contribution in [0.3, 0.4) is 0 Å². The summed E-state index contributed by atoms with van der Waals surface area (Å²) in [6, 6.07) is 0. The van der Waals surface area contributed by atoms with Gasteiger partial charge in [-0.1, -0.05) is 29.8 Å². The van der Waals surface area contributed by atoms with E-state index in [1.807, 2.05) is 0 Å². The highest BCUT2D eigenvalue weighted by atomic mass is 79.9. The first-order valence-corrected chi connectivity index (χ1v) is 5.79. The van der Waals surface area contributed by atoms with Crippen molar-refractivity contribution in [1.82, 2.24) is 0 Å². The fourth-order valence-electron chi connectivity index (χ4n) is 2.49. The van der Waals surface area contributed by atoms with Crippen LogP contribution in [0.5, 0.6) is 0 Å². The van der Waals surface area contributed by atoms with Gasteiger partial charge in [0.1, 0.15) is 0 Å². The maximum atomic E-state index is 10.1. The summed E-state index contributed by atoms with van der Waals surface area (Å²) in [5.74, 6) is 0. The quantitative estimate of drug-likeness (QED) is 0.666. The van der Waals surface area contributed by atoms with Crippen LogP contribution in [0.15, 0.2) is 0 Å². The van der Waals surface area contributed by atoms with E-state index in [2.05, 4.69) is 36.7 Å². The lowest BCUT2D eigenvalue weighted by atomic mass is 9.77. The van der Waals surface area contributed by atoms with Gasteiger partial charge >= 0.3 is 0 Å². The van der Waals surface area contributed by atoms with Crippen LogP contribution in [-0.4, -0.2) is 27.7 Å². The van der Waals surface area contributed by atoms with E-state index in [1.165, 1.54) is 0 Å². The Morgan fingerprint density at radius 3 is 2.62 bits per heavy atom. The molecule has 3 heteroatoms. The number of ether oxygens (including phenoxy) is 1. The smallest absolute Gasteiger partial charge is 0.0809 e. The van der Waals surface area contributed by atoms with Gasteiger partial charge in [-0.25, -0.2) is 0 Å². The Bertz CT molecular complexity index is 227. The van der Waals surface area contributed by atoms with Crippen molar-refractivity contribution in [2.24, 2.45) is 5.41 Å². The minimum absolute atomic E-state index is 0.0637. The first kappa shape index (κ1) is 9.94. The Hall–Kier alpha value is 0.400. The van der Waals surface area contributed by atoms with Gasteiger partial charge in [-0.2, -0.15) is 0 Å². The summed E-state index contributed by atoms with van der Waals surface area (Å²) in [7, 11) is 0. The predicted molar refractivity (Wildman–Crippen MR) is 55.0 cm³/mol. The van der Waals surface area contributed by atoms with Crippen LogP contribution in [0.1, 0.15) is 33.6 Å². The molecular formula is C10H17BrO2. The Balaban J connectivity index is 2.34. The van der Waals surface area contributed by atoms with Crippen molar-refractivity contribution < 1.29 is 9.84 Å². The molecule has 0 aliphatic carbocycles. The first-order chi connectivity index (χ1) is 5.88. The van der Waals surface area contributed by atoms with Crippen molar-refractivity contribution in [3.8, 4) is 0 Å². The fraction of sp³-hybridized carbons (Fsp3) is 1.00. The number of alkyl halides is 1. The van der Waals surface area contributed by atoms with Crippen molar-refractivity contribution in [2.45, 2.75) is 56.2 Å². The second-order valence-corrected chi connectivity index (χ2v) is 6.11. The summed E-state index contributed by atoms with van der Waals surface area (Å²) in [4.78, 5) is 0.0637. The zero-order valence-electron chi connectivity index (χ0n) is 8.38. The number of fused-ring (bicyclic) bond motifs is 2. The molecule has 0 aromatic heterocycles. The molecule has 2 fully saturated rings. The summed E-state index contributed by atoms with van der Waals surface area (Å²) in [5.41, 5.74) is -0.274. The van der Waals surface area contributed by atoms with Gasteiger partial charge in [-0.15, -0.1) is 0 Å². The summed E-state index contributed by atoms with van der Waals surface area (Å²) in [6.45, 7) is 6.26. The molecule has 0 amide bonds. The SMILES string of the molecule is CC1(C)[C@H](O)[C@H](Br)[C@]2(C)CC[C@H]1O2. The van der Waals surface area contributed by atoms with Crippen LogP contribution >= 0.6 is 15.9 Å². The molecule has 2 nitrogen and oxygen atoms in total. The molecule has 2 heterocycles. The molecule has 1 N–H and O–H groups in total. The van der Waals surface area contributed by atoms with E-state index in [0.29, 0.717) is 0 Å².